The first kappa shape index (κ1) is 21.2. The van der Waals surface area contributed by atoms with E-state index >= 15 is 0 Å². The van der Waals surface area contributed by atoms with E-state index in [0.29, 0.717) is 33.5 Å². The second-order valence-corrected chi connectivity index (χ2v) is 8.11. The zero-order chi connectivity index (χ0) is 20.6. The summed E-state index contributed by atoms with van der Waals surface area (Å²) in [6.07, 6.45) is 7.49. The first-order valence-electron chi connectivity index (χ1n) is 9.63. The van der Waals surface area contributed by atoms with Crippen LogP contribution in [0.25, 0.3) is 10.9 Å². The van der Waals surface area contributed by atoms with Crippen molar-refractivity contribution in [3.63, 3.8) is 0 Å². The van der Waals surface area contributed by atoms with Gasteiger partial charge in [-0.1, -0.05) is 6.58 Å². The van der Waals surface area contributed by atoms with E-state index in [1.54, 1.807) is 19.3 Å². The Hall–Kier alpha value is -2.51. The molecule has 0 unspecified atom stereocenters. The van der Waals surface area contributed by atoms with Crippen LogP contribution < -0.4 is 10.9 Å². The molecule has 0 spiro atoms. The number of allylic oxidation sites excluding steroid dienone is 4. The van der Waals surface area contributed by atoms with Crippen molar-refractivity contribution in [2.24, 2.45) is 0 Å². The molecule has 6 nitrogen and oxygen atoms in total. The monoisotopic (exact) mass is 413 g/mol. The molecule has 1 fully saturated rings. The second kappa shape index (κ2) is 10.3. The summed E-state index contributed by atoms with van der Waals surface area (Å²) in [5.74, 6) is 2.09. The van der Waals surface area contributed by atoms with Crippen molar-refractivity contribution in [2.75, 3.05) is 25.6 Å². The average molecular weight is 414 g/mol. The summed E-state index contributed by atoms with van der Waals surface area (Å²) in [5.41, 5.74) is 2.39. The van der Waals surface area contributed by atoms with E-state index in [9.17, 15) is 4.79 Å². The third-order valence-corrected chi connectivity index (χ3v) is 6.04. The molecule has 1 saturated heterocycles. The molecule has 7 heteroatoms. The minimum Gasteiger partial charge on any atom is -0.497 e. The highest BCUT2D eigenvalue weighted by atomic mass is 32.2. The molecular weight excluding hydrogens is 386 g/mol. The lowest BCUT2D eigenvalue weighted by atomic mass is 10.2. The molecule has 0 radical (unpaired) electrons. The summed E-state index contributed by atoms with van der Waals surface area (Å²) in [4.78, 5) is 20.0. The molecule has 154 valence electrons. The van der Waals surface area contributed by atoms with Crippen LogP contribution in [0.2, 0.25) is 0 Å². The number of fused-ring (bicyclic) bond motifs is 1. The van der Waals surface area contributed by atoms with Gasteiger partial charge in [0.25, 0.3) is 5.56 Å². The minimum atomic E-state index is -0.102. The highest BCUT2D eigenvalue weighted by Crippen LogP contribution is 2.25. The topological polar surface area (TPSA) is 76.2 Å². The number of rotatable bonds is 8. The van der Waals surface area contributed by atoms with Crippen LogP contribution in [0.5, 0.6) is 0 Å². The summed E-state index contributed by atoms with van der Waals surface area (Å²) >= 11 is 1.83. The molecule has 1 aromatic heterocycles. The van der Waals surface area contributed by atoms with Crippen molar-refractivity contribution in [2.45, 2.75) is 30.8 Å². The Morgan fingerprint density at radius 3 is 2.93 bits per heavy atom. The third-order valence-electron chi connectivity index (χ3n) is 4.66. The Bertz CT molecular complexity index is 975. The lowest BCUT2D eigenvalue weighted by Crippen LogP contribution is -2.18. The number of anilines is 1. The molecule has 1 aliphatic rings. The van der Waals surface area contributed by atoms with Crippen LogP contribution in [0.4, 0.5) is 5.69 Å². The lowest BCUT2D eigenvalue weighted by molar-refractivity contribution is 0.1000. The normalized spacial score (nSPS) is 16.1. The quantitative estimate of drug-likeness (QED) is 0.494. The van der Waals surface area contributed by atoms with Gasteiger partial charge in [-0.25, -0.2) is 4.98 Å². The van der Waals surface area contributed by atoms with Gasteiger partial charge in [-0.05, 0) is 56.2 Å². The third kappa shape index (κ3) is 5.98. The number of thioether (sulfide) groups is 1. The number of nitrogens with zero attached hydrogens (tertiary/aromatic N) is 1. The van der Waals surface area contributed by atoms with E-state index < -0.39 is 0 Å². The van der Waals surface area contributed by atoms with Gasteiger partial charge in [0, 0.05) is 29.8 Å². The van der Waals surface area contributed by atoms with Gasteiger partial charge >= 0.3 is 0 Å². The summed E-state index contributed by atoms with van der Waals surface area (Å²) < 4.78 is 10.6. The smallest absolute Gasteiger partial charge is 0.258 e. The van der Waals surface area contributed by atoms with Crippen LogP contribution >= 0.6 is 11.8 Å². The van der Waals surface area contributed by atoms with E-state index in [4.69, 9.17) is 9.47 Å². The van der Waals surface area contributed by atoms with Gasteiger partial charge in [0.1, 0.15) is 11.6 Å². The maximum absolute atomic E-state index is 12.4. The predicted octanol–water partition coefficient (Wildman–Crippen LogP) is 4.37. The fourth-order valence-corrected chi connectivity index (χ4v) is 4.13. The predicted molar refractivity (Wildman–Crippen MR) is 120 cm³/mol. The van der Waals surface area contributed by atoms with Crippen LogP contribution in [0.15, 0.2) is 59.3 Å². The first-order valence-corrected chi connectivity index (χ1v) is 10.7. The Morgan fingerprint density at radius 1 is 1.41 bits per heavy atom. The summed E-state index contributed by atoms with van der Waals surface area (Å²) in [7, 11) is 1.61. The molecule has 0 bridgehead atoms. The van der Waals surface area contributed by atoms with Crippen LogP contribution in [0, 0.1) is 0 Å². The van der Waals surface area contributed by atoms with Crippen LogP contribution in [-0.4, -0.2) is 35.5 Å². The van der Waals surface area contributed by atoms with Crippen LogP contribution in [0.1, 0.15) is 25.6 Å². The molecule has 29 heavy (non-hydrogen) atoms. The van der Waals surface area contributed by atoms with Gasteiger partial charge in [0.15, 0.2) is 0 Å². The second-order valence-electron chi connectivity index (χ2n) is 6.82. The number of aromatic nitrogens is 2. The highest BCUT2D eigenvalue weighted by Gasteiger charge is 2.15. The molecule has 2 N–H and O–H groups in total. The van der Waals surface area contributed by atoms with E-state index in [-0.39, 0.29) is 5.56 Å². The van der Waals surface area contributed by atoms with Crippen LogP contribution in [0.3, 0.4) is 0 Å². The molecular formula is C22H27N3O3S. The van der Waals surface area contributed by atoms with Crippen LogP contribution in [-0.2, 0) is 15.2 Å². The SMILES string of the molecule is C=C/C(=C\C=C(/C)Nc1ccc2c(=O)[nH]c(CSC3CCOCC3)nc2c1)OC. The van der Waals surface area contributed by atoms with Gasteiger partial charge in [0.05, 0.1) is 23.8 Å². The van der Waals surface area contributed by atoms with Gasteiger partial charge in [-0.2, -0.15) is 11.8 Å². The van der Waals surface area contributed by atoms with E-state index in [1.165, 1.54) is 0 Å². The maximum Gasteiger partial charge on any atom is 0.258 e. The van der Waals surface area contributed by atoms with Crippen molar-refractivity contribution in [1.29, 1.82) is 0 Å². The van der Waals surface area contributed by atoms with Crippen molar-refractivity contribution >= 4 is 28.4 Å². The molecule has 0 amide bonds. The maximum atomic E-state index is 12.4. The summed E-state index contributed by atoms with van der Waals surface area (Å²) in [6.45, 7) is 7.28. The first-order chi connectivity index (χ1) is 14.1. The van der Waals surface area contributed by atoms with E-state index in [1.807, 2.05) is 43.0 Å². The number of methoxy groups -OCH3 is 1. The van der Waals surface area contributed by atoms with Gasteiger partial charge < -0.3 is 19.8 Å². The Morgan fingerprint density at radius 2 is 2.21 bits per heavy atom. The molecule has 3 rings (SSSR count). The standard InChI is InChI=1S/C22H27N3O3S/c1-4-17(27-3)7-5-15(2)23-16-6-8-19-20(13-16)24-21(25-22(19)26)14-29-18-9-11-28-12-10-18/h4-8,13,18,23H,1,9-12,14H2,2-3H3,(H,24,25,26)/b15-5+,17-7+. The lowest BCUT2D eigenvalue weighted by Gasteiger charge is -2.21. The number of H-pyrrole nitrogens is 1. The van der Waals surface area contributed by atoms with Crippen molar-refractivity contribution in [3.8, 4) is 0 Å². The fraction of sp³-hybridized carbons (Fsp3) is 0.364. The number of hydrogen-bond acceptors (Lipinski definition) is 6. The molecule has 0 atom stereocenters. The van der Waals surface area contributed by atoms with E-state index in [0.717, 1.165) is 37.4 Å². The van der Waals surface area contributed by atoms with Crippen molar-refractivity contribution in [1.82, 2.24) is 9.97 Å². The number of ether oxygens (including phenoxy) is 2. The Labute approximate surface area is 175 Å². The zero-order valence-corrected chi connectivity index (χ0v) is 17.7. The van der Waals surface area contributed by atoms with Crippen molar-refractivity contribution < 1.29 is 9.47 Å². The van der Waals surface area contributed by atoms with Gasteiger partial charge in [-0.15, -0.1) is 0 Å². The molecule has 0 saturated carbocycles. The molecule has 2 heterocycles. The molecule has 0 aliphatic carbocycles. The summed E-state index contributed by atoms with van der Waals surface area (Å²) in [5, 5.41) is 4.46. The summed E-state index contributed by atoms with van der Waals surface area (Å²) in [6, 6.07) is 5.58. The zero-order valence-electron chi connectivity index (χ0n) is 16.9. The Balaban J connectivity index is 1.75. The largest absolute Gasteiger partial charge is 0.497 e. The molecule has 1 aliphatic heterocycles. The minimum absolute atomic E-state index is 0.102. The number of nitrogens with one attached hydrogen (secondary N) is 2. The van der Waals surface area contributed by atoms with Crippen molar-refractivity contribution in [3.05, 3.63) is 70.6 Å². The molecule has 1 aromatic carbocycles. The number of aromatic amines is 1. The number of benzene rings is 1. The average Bonchev–Trinajstić information content (AvgIpc) is 2.73. The molecule has 2 aromatic rings. The van der Waals surface area contributed by atoms with Gasteiger partial charge in [-0.3, -0.25) is 4.79 Å². The van der Waals surface area contributed by atoms with Gasteiger partial charge in [0.2, 0.25) is 0 Å². The number of hydrogen-bond donors (Lipinski definition) is 2. The fourth-order valence-electron chi connectivity index (χ4n) is 3.07. The Kier molecular flexibility index (Phi) is 7.55. The van der Waals surface area contributed by atoms with E-state index in [2.05, 4.69) is 21.9 Å². The highest BCUT2D eigenvalue weighted by molar-refractivity contribution is 7.99.